The van der Waals surface area contributed by atoms with Crippen molar-refractivity contribution in [3.05, 3.63) is 18.2 Å². The van der Waals surface area contributed by atoms with Crippen molar-refractivity contribution in [3.63, 3.8) is 0 Å². The van der Waals surface area contributed by atoms with Gasteiger partial charge in [-0.05, 0) is 0 Å². The topological polar surface area (TPSA) is 76.5 Å². The molecule has 0 unspecified atom stereocenters. The van der Waals surface area contributed by atoms with Crippen LogP contribution in [0.15, 0.2) is 12.5 Å². The van der Waals surface area contributed by atoms with Crippen LogP contribution in [0.4, 0.5) is 0 Å². The number of nitrogens with zero attached hydrogens (tertiary/aromatic N) is 3. The van der Waals surface area contributed by atoms with E-state index < -0.39 is 0 Å². The molecule has 2 rings (SSSR count). The molecule has 0 bridgehead atoms. The van der Waals surface area contributed by atoms with Crippen LogP contribution in [0.2, 0.25) is 0 Å². The SMILES string of the molecule is CNC(=O)[C@@H]1CN(C(=O)c2cncn2C)C[C@H]1COC. The highest BCUT2D eigenvalue weighted by atomic mass is 16.5. The largest absolute Gasteiger partial charge is 0.384 e. The third-order valence-electron chi connectivity index (χ3n) is 3.73. The van der Waals surface area contributed by atoms with Crippen LogP contribution in [0, 0.1) is 11.8 Å². The molecule has 2 atom stereocenters. The lowest BCUT2D eigenvalue weighted by Crippen LogP contribution is -2.34. The van der Waals surface area contributed by atoms with Crippen molar-refractivity contribution in [1.82, 2.24) is 19.8 Å². The van der Waals surface area contributed by atoms with Crippen molar-refractivity contribution in [2.24, 2.45) is 18.9 Å². The van der Waals surface area contributed by atoms with E-state index in [0.29, 0.717) is 25.4 Å². The number of aryl methyl sites for hydroxylation is 1. The second-order valence-corrected chi connectivity index (χ2v) is 5.04. The first-order valence-electron chi connectivity index (χ1n) is 6.54. The fourth-order valence-corrected chi connectivity index (χ4v) is 2.63. The third-order valence-corrected chi connectivity index (χ3v) is 3.73. The van der Waals surface area contributed by atoms with Gasteiger partial charge < -0.3 is 19.5 Å². The number of methoxy groups -OCH3 is 1. The Morgan fingerprint density at radius 3 is 2.80 bits per heavy atom. The van der Waals surface area contributed by atoms with E-state index in [0.717, 1.165) is 0 Å². The van der Waals surface area contributed by atoms with Gasteiger partial charge in [0.2, 0.25) is 5.91 Å². The molecule has 7 heteroatoms. The monoisotopic (exact) mass is 280 g/mol. The summed E-state index contributed by atoms with van der Waals surface area (Å²) < 4.78 is 6.84. The lowest BCUT2D eigenvalue weighted by Gasteiger charge is -2.16. The van der Waals surface area contributed by atoms with Gasteiger partial charge in [0.1, 0.15) is 5.69 Å². The van der Waals surface area contributed by atoms with Gasteiger partial charge in [-0.3, -0.25) is 9.59 Å². The van der Waals surface area contributed by atoms with E-state index in [4.69, 9.17) is 4.74 Å². The van der Waals surface area contributed by atoms with Crippen LogP contribution in [0.25, 0.3) is 0 Å². The van der Waals surface area contributed by atoms with Crippen molar-refractivity contribution in [3.8, 4) is 0 Å². The van der Waals surface area contributed by atoms with Gasteiger partial charge in [0.15, 0.2) is 0 Å². The predicted octanol–water partition coefficient (Wildman–Crippen LogP) is -0.499. The number of imidazole rings is 1. The Kier molecular flexibility index (Phi) is 4.39. The van der Waals surface area contributed by atoms with E-state index in [-0.39, 0.29) is 23.7 Å². The molecule has 0 radical (unpaired) electrons. The minimum Gasteiger partial charge on any atom is -0.384 e. The molecule has 7 nitrogen and oxygen atoms in total. The van der Waals surface area contributed by atoms with Crippen LogP contribution in [0.1, 0.15) is 10.5 Å². The van der Waals surface area contributed by atoms with Crippen molar-refractivity contribution < 1.29 is 14.3 Å². The minimum absolute atomic E-state index is 0.0251. The fourth-order valence-electron chi connectivity index (χ4n) is 2.63. The van der Waals surface area contributed by atoms with Crippen LogP contribution in [0.3, 0.4) is 0 Å². The van der Waals surface area contributed by atoms with Crippen LogP contribution < -0.4 is 5.32 Å². The van der Waals surface area contributed by atoms with Crippen LogP contribution in [-0.4, -0.2) is 60.1 Å². The summed E-state index contributed by atoms with van der Waals surface area (Å²) in [6.45, 7) is 1.40. The van der Waals surface area contributed by atoms with E-state index in [2.05, 4.69) is 10.3 Å². The van der Waals surface area contributed by atoms with Gasteiger partial charge in [0, 0.05) is 40.2 Å². The van der Waals surface area contributed by atoms with Gasteiger partial charge >= 0.3 is 0 Å². The van der Waals surface area contributed by atoms with Crippen molar-refractivity contribution in [1.29, 1.82) is 0 Å². The predicted molar refractivity (Wildman–Crippen MR) is 72.0 cm³/mol. The zero-order valence-corrected chi connectivity index (χ0v) is 12.0. The van der Waals surface area contributed by atoms with Crippen LogP contribution >= 0.6 is 0 Å². The molecule has 1 N–H and O–H groups in total. The summed E-state index contributed by atoms with van der Waals surface area (Å²) >= 11 is 0. The molecule has 1 aliphatic rings. The normalized spacial score (nSPS) is 22.1. The van der Waals surface area contributed by atoms with E-state index in [1.54, 1.807) is 43.2 Å². The van der Waals surface area contributed by atoms with E-state index in [1.165, 1.54) is 0 Å². The molecule has 1 aromatic rings. The van der Waals surface area contributed by atoms with Crippen molar-refractivity contribution in [2.75, 3.05) is 33.9 Å². The molecule has 0 aromatic carbocycles. The minimum atomic E-state index is -0.225. The number of carbonyl (C=O) groups is 2. The summed E-state index contributed by atoms with van der Waals surface area (Å²) in [7, 11) is 4.99. The summed E-state index contributed by atoms with van der Waals surface area (Å²) in [5.74, 6) is -0.348. The lowest BCUT2D eigenvalue weighted by atomic mass is 9.96. The summed E-state index contributed by atoms with van der Waals surface area (Å²) in [4.78, 5) is 30.0. The zero-order valence-electron chi connectivity index (χ0n) is 12.0. The average Bonchev–Trinajstić information content (AvgIpc) is 3.04. The summed E-state index contributed by atoms with van der Waals surface area (Å²) in [5, 5.41) is 2.65. The molecule has 0 aliphatic carbocycles. The number of aromatic nitrogens is 2. The molecule has 110 valence electrons. The molecule has 1 saturated heterocycles. The summed E-state index contributed by atoms with van der Waals surface area (Å²) in [5.41, 5.74) is 0.527. The zero-order chi connectivity index (χ0) is 14.7. The smallest absolute Gasteiger partial charge is 0.272 e. The van der Waals surface area contributed by atoms with E-state index >= 15 is 0 Å². The van der Waals surface area contributed by atoms with Crippen molar-refractivity contribution in [2.45, 2.75) is 0 Å². The third kappa shape index (κ3) is 2.67. The summed E-state index contributed by atoms with van der Waals surface area (Å²) in [6, 6.07) is 0. The molecular formula is C13H20N4O3. The second kappa shape index (κ2) is 6.04. The molecule has 1 aromatic heterocycles. The van der Waals surface area contributed by atoms with E-state index in [9.17, 15) is 9.59 Å². The van der Waals surface area contributed by atoms with Gasteiger partial charge in [-0.2, -0.15) is 0 Å². The first kappa shape index (κ1) is 14.5. The maximum absolute atomic E-state index is 12.4. The number of carbonyl (C=O) groups excluding carboxylic acids is 2. The lowest BCUT2D eigenvalue weighted by molar-refractivity contribution is -0.125. The number of amides is 2. The maximum Gasteiger partial charge on any atom is 0.272 e. The van der Waals surface area contributed by atoms with Gasteiger partial charge in [0.25, 0.3) is 5.91 Å². The molecule has 2 heterocycles. The number of likely N-dealkylation sites (tertiary alicyclic amines) is 1. The van der Waals surface area contributed by atoms with Crippen LogP contribution in [-0.2, 0) is 16.6 Å². The molecule has 1 aliphatic heterocycles. The molecule has 1 fully saturated rings. The van der Waals surface area contributed by atoms with Gasteiger partial charge in [-0.25, -0.2) is 4.98 Å². The highest BCUT2D eigenvalue weighted by molar-refractivity contribution is 5.93. The molecule has 0 spiro atoms. The first-order chi connectivity index (χ1) is 9.58. The molecule has 0 saturated carbocycles. The maximum atomic E-state index is 12.4. The molecule has 20 heavy (non-hydrogen) atoms. The van der Waals surface area contributed by atoms with Crippen LogP contribution in [0.5, 0.6) is 0 Å². The Morgan fingerprint density at radius 2 is 2.25 bits per heavy atom. The molecule has 2 amide bonds. The fraction of sp³-hybridized carbons (Fsp3) is 0.615. The second-order valence-electron chi connectivity index (χ2n) is 5.04. The van der Waals surface area contributed by atoms with Crippen molar-refractivity contribution >= 4 is 11.8 Å². The Hall–Kier alpha value is -1.89. The Bertz CT molecular complexity index is 500. The highest BCUT2D eigenvalue weighted by Gasteiger charge is 2.39. The number of nitrogens with one attached hydrogen (secondary N) is 1. The van der Waals surface area contributed by atoms with E-state index in [1.807, 2.05) is 0 Å². The highest BCUT2D eigenvalue weighted by Crippen LogP contribution is 2.25. The van der Waals surface area contributed by atoms with Gasteiger partial charge in [-0.1, -0.05) is 0 Å². The standard InChI is InChI=1S/C13H20N4O3/c1-14-12(18)10-6-17(5-9(10)7-20-3)13(19)11-4-15-8-16(11)2/h4,8-10H,5-7H2,1-3H3,(H,14,18)/t9-,10+/m0/s1. The van der Waals surface area contributed by atoms with Gasteiger partial charge in [0.05, 0.1) is 25.0 Å². The number of rotatable bonds is 4. The number of hydrogen-bond acceptors (Lipinski definition) is 4. The molecular weight excluding hydrogens is 260 g/mol. The first-order valence-corrected chi connectivity index (χ1v) is 6.54. The Labute approximate surface area is 117 Å². The Balaban J connectivity index is 2.13. The van der Waals surface area contributed by atoms with Gasteiger partial charge in [-0.15, -0.1) is 0 Å². The average molecular weight is 280 g/mol. The number of hydrogen-bond donors (Lipinski definition) is 1. The summed E-state index contributed by atoms with van der Waals surface area (Å²) in [6.07, 6.45) is 3.13. The number of ether oxygens (including phenoxy) is 1. The Morgan fingerprint density at radius 1 is 1.50 bits per heavy atom. The quantitative estimate of drug-likeness (QED) is 0.807.